The van der Waals surface area contributed by atoms with Crippen molar-refractivity contribution in [1.82, 2.24) is 4.90 Å². The Kier molecular flexibility index (Phi) is 8.59. The molecule has 0 aliphatic carbocycles. The number of aryl methyl sites for hydroxylation is 1. The van der Waals surface area contributed by atoms with Crippen molar-refractivity contribution >= 4 is 58.3 Å². The maximum absolute atomic E-state index is 5.54. The fraction of sp³-hybridized carbons (Fsp3) is 0.265. The van der Waals surface area contributed by atoms with Gasteiger partial charge in [0.1, 0.15) is 7.05 Å². The van der Waals surface area contributed by atoms with Crippen molar-refractivity contribution in [2.75, 3.05) is 50.5 Å². The van der Waals surface area contributed by atoms with Gasteiger partial charge in [-0.25, -0.2) is 0 Å². The largest absolute Gasteiger partial charge is 0.379 e. The fourth-order valence-electron chi connectivity index (χ4n) is 5.46. The van der Waals surface area contributed by atoms with Crippen LogP contribution in [0.25, 0.3) is 29.1 Å². The predicted molar refractivity (Wildman–Crippen MR) is 172 cm³/mol. The second kappa shape index (κ2) is 12.6. The maximum atomic E-state index is 5.54. The molecule has 0 spiro atoms. The number of morpholine rings is 1. The number of hydrogen-bond donors (Lipinski definition) is 0. The third-order valence-corrected chi connectivity index (χ3v) is 9.56. The van der Waals surface area contributed by atoms with Gasteiger partial charge < -0.3 is 9.64 Å². The molecule has 3 aromatic carbocycles. The van der Waals surface area contributed by atoms with Gasteiger partial charge >= 0.3 is 0 Å². The number of pyridine rings is 1. The lowest BCUT2D eigenvalue weighted by Gasteiger charge is -2.28. The summed E-state index contributed by atoms with van der Waals surface area (Å²) < 4.78 is 7.83. The molecule has 2 aliphatic heterocycles. The Bertz CT molecular complexity index is 1540. The first-order chi connectivity index (χ1) is 19.7. The van der Waals surface area contributed by atoms with Crippen LogP contribution < -0.4 is 9.47 Å². The van der Waals surface area contributed by atoms with Gasteiger partial charge in [0.25, 0.3) is 0 Å². The van der Waals surface area contributed by atoms with E-state index in [0.717, 1.165) is 45.8 Å². The van der Waals surface area contributed by atoms with Crippen LogP contribution in [0.1, 0.15) is 23.2 Å². The smallest absolute Gasteiger partial charge is 0.213 e. The molecule has 1 fully saturated rings. The lowest BCUT2D eigenvalue weighted by molar-refractivity contribution is -0.646. The third-order valence-electron chi connectivity index (χ3n) is 7.70. The Morgan fingerprint density at radius 1 is 0.925 bits per heavy atom. The van der Waals surface area contributed by atoms with Gasteiger partial charge in [0.2, 0.25) is 11.2 Å². The van der Waals surface area contributed by atoms with Crippen LogP contribution in [0.4, 0.5) is 5.69 Å². The average Bonchev–Trinajstić information content (AvgIpc) is 3.35. The van der Waals surface area contributed by atoms with Crippen molar-refractivity contribution in [3.63, 3.8) is 0 Å². The van der Waals surface area contributed by atoms with Crippen molar-refractivity contribution in [3.8, 4) is 0 Å². The van der Waals surface area contributed by atoms with Crippen LogP contribution in [-0.4, -0.2) is 50.5 Å². The number of rotatable bonds is 8. The number of benzene rings is 3. The van der Waals surface area contributed by atoms with Crippen molar-refractivity contribution in [2.24, 2.45) is 7.05 Å². The molecule has 2 aliphatic rings. The lowest BCUT2D eigenvalue weighted by Crippen LogP contribution is -2.37. The van der Waals surface area contributed by atoms with Gasteiger partial charge in [-0.3, -0.25) is 4.90 Å². The summed E-state index contributed by atoms with van der Waals surface area (Å²) in [5.41, 5.74) is 6.19. The Labute approximate surface area is 246 Å². The van der Waals surface area contributed by atoms with Crippen molar-refractivity contribution in [3.05, 3.63) is 101 Å². The summed E-state index contributed by atoms with van der Waals surface area (Å²) in [4.78, 5) is 7.66. The Hall–Kier alpha value is -3.03. The summed E-state index contributed by atoms with van der Waals surface area (Å²) >= 11 is 3.66. The Morgan fingerprint density at radius 3 is 2.52 bits per heavy atom. The lowest BCUT2D eigenvalue weighted by atomic mass is 10.1. The number of fused-ring (bicyclic) bond motifs is 2. The highest BCUT2D eigenvalue weighted by molar-refractivity contribution is 8.03. The van der Waals surface area contributed by atoms with Crippen LogP contribution in [0.5, 0.6) is 0 Å². The Morgan fingerprint density at radius 2 is 1.70 bits per heavy atom. The first kappa shape index (κ1) is 27.2. The number of thioether (sulfide) groups is 2. The van der Waals surface area contributed by atoms with E-state index >= 15 is 0 Å². The second-order valence-corrected chi connectivity index (χ2v) is 12.2. The highest BCUT2D eigenvalue weighted by Crippen LogP contribution is 2.46. The Balaban J connectivity index is 1.33. The van der Waals surface area contributed by atoms with E-state index in [4.69, 9.17) is 4.74 Å². The molecule has 0 amide bonds. The zero-order valence-electron chi connectivity index (χ0n) is 23.3. The molecule has 4 aromatic rings. The average molecular weight is 567 g/mol. The summed E-state index contributed by atoms with van der Waals surface area (Å²) in [5.74, 6) is 0. The van der Waals surface area contributed by atoms with E-state index in [1.54, 1.807) is 11.8 Å². The number of anilines is 1. The summed E-state index contributed by atoms with van der Waals surface area (Å²) in [7, 11) is 2.16. The van der Waals surface area contributed by atoms with Gasteiger partial charge in [0, 0.05) is 54.2 Å². The molecule has 40 heavy (non-hydrogen) atoms. The molecule has 0 bridgehead atoms. The highest BCUT2D eigenvalue weighted by atomic mass is 32.2. The summed E-state index contributed by atoms with van der Waals surface area (Å²) in [6, 6.07) is 28.6. The molecular formula is C34H36N3OS2+. The van der Waals surface area contributed by atoms with Gasteiger partial charge in [0.05, 0.1) is 29.3 Å². The fourth-order valence-corrected chi connectivity index (χ4v) is 7.01. The molecule has 6 rings (SSSR count). The van der Waals surface area contributed by atoms with Crippen LogP contribution >= 0.6 is 23.5 Å². The molecule has 6 heteroatoms. The van der Waals surface area contributed by atoms with E-state index in [2.05, 4.69) is 125 Å². The van der Waals surface area contributed by atoms with E-state index in [9.17, 15) is 0 Å². The molecule has 1 aromatic heterocycles. The number of ether oxygens (including phenoxy) is 1. The molecule has 204 valence electrons. The quantitative estimate of drug-likeness (QED) is 0.166. The zero-order valence-corrected chi connectivity index (χ0v) is 24.9. The van der Waals surface area contributed by atoms with Crippen LogP contribution in [0.2, 0.25) is 0 Å². The monoisotopic (exact) mass is 566 g/mol. The van der Waals surface area contributed by atoms with E-state index < -0.39 is 0 Å². The molecule has 0 N–H and O–H groups in total. The normalized spacial score (nSPS) is 16.9. The van der Waals surface area contributed by atoms with Gasteiger partial charge in [0.15, 0.2) is 0 Å². The molecule has 3 heterocycles. The maximum Gasteiger partial charge on any atom is 0.213 e. The minimum atomic E-state index is 0.853. The molecular weight excluding hydrogens is 531 g/mol. The number of hydrogen-bond acceptors (Lipinski definition) is 5. The van der Waals surface area contributed by atoms with E-state index in [0.29, 0.717) is 0 Å². The topological polar surface area (TPSA) is 19.6 Å². The molecule has 4 nitrogen and oxygen atoms in total. The van der Waals surface area contributed by atoms with E-state index in [1.807, 2.05) is 11.8 Å². The summed E-state index contributed by atoms with van der Waals surface area (Å²) in [6.45, 7) is 5.90. The number of aromatic nitrogens is 1. The van der Waals surface area contributed by atoms with Crippen molar-refractivity contribution in [1.29, 1.82) is 0 Å². The predicted octanol–water partition coefficient (Wildman–Crippen LogP) is 7.19. The minimum Gasteiger partial charge on any atom is -0.379 e. The van der Waals surface area contributed by atoms with Crippen molar-refractivity contribution < 1.29 is 9.30 Å². The summed E-state index contributed by atoms with van der Waals surface area (Å²) in [6.07, 6.45) is 10.1. The van der Waals surface area contributed by atoms with Crippen LogP contribution in [0, 0.1) is 0 Å². The first-order valence-corrected chi connectivity index (χ1v) is 16.0. The van der Waals surface area contributed by atoms with Crippen molar-refractivity contribution in [2.45, 2.75) is 16.2 Å². The number of nitrogens with zero attached hydrogens (tertiary/aromatic N) is 3. The third kappa shape index (κ3) is 6.01. The molecule has 1 saturated heterocycles. The summed E-state index contributed by atoms with van der Waals surface area (Å²) in [5, 5.41) is 2.56. The molecule has 0 saturated carbocycles. The molecule has 0 radical (unpaired) electrons. The van der Waals surface area contributed by atoms with Gasteiger partial charge in [-0.2, -0.15) is 4.57 Å². The zero-order chi connectivity index (χ0) is 27.3. The second-order valence-electron chi connectivity index (χ2n) is 10.2. The SMILES string of the molecule is CSc1ccc(/C=C/c2cc(/C=C3\Sc4ccccc4N3CCCN3CCOCC3)c3ccccc3[n+]2C)cc1. The minimum absolute atomic E-state index is 0.853. The van der Waals surface area contributed by atoms with Crippen LogP contribution in [0.3, 0.4) is 0 Å². The highest BCUT2D eigenvalue weighted by Gasteiger charge is 2.25. The van der Waals surface area contributed by atoms with Gasteiger partial charge in [-0.1, -0.05) is 48.2 Å². The van der Waals surface area contributed by atoms with Crippen LogP contribution in [0.15, 0.2) is 93.7 Å². The number of para-hydroxylation sites is 2. The van der Waals surface area contributed by atoms with Gasteiger partial charge in [-0.05, 0) is 66.3 Å². The molecule has 0 unspecified atom stereocenters. The molecule has 0 atom stereocenters. The van der Waals surface area contributed by atoms with E-state index in [-0.39, 0.29) is 0 Å². The standard InChI is InChI=1S/C34H36N3OS2/c1-35-28(15-12-26-13-16-29(39-2)17-14-26)24-27(30-8-3-4-9-31(30)35)25-34-37(32-10-5-6-11-33(32)40-34)19-7-18-36-20-22-38-23-21-36/h3-6,8-17,24-25H,7,18-23H2,1-2H3/q+1/b15-12+. The van der Waals surface area contributed by atoms with E-state index in [1.165, 1.54) is 48.2 Å². The van der Waals surface area contributed by atoms with Crippen LogP contribution in [-0.2, 0) is 11.8 Å². The van der Waals surface area contributed by atoms with Gasteiger partial charge in [-0.15, -0.1) is 11.8 Å². The first-order valence-electron chi connectivity index (χ1n) is 14.0.